The average molecular weight is 173 g/mol. The number of carbonyl (C=O) groups is 1. The summed E-state index contributed by atoms with van der Waals surface area (Å²) >= 11 is 0. The lowest BCUT2D eigenvalue weighted by Crippen LogP contribution is -2.50. The molecule has 0 aromatic carbocycles. The van der Waals surface area contributed by atoms with E-state index in [1.807, 2.05) is 34.6 Å². The Morgan fingerprint density at radius 1 is 1.25 bits per heavy atom. The number of aliphatic carboxylic acids is 1. The fourth-order valence-corrected chi connectivity index (χ4v) is 0.775. The van der Waals surface area contributed by atoms with E-state index in [1.165, 1.54) is 0 Å². The van der Waals surface area contributed by atoms with Crippen molar-refractivity contribution in [3.05, 3.63) is 0 Å². The van der Waals surface area contributed by atoms with Gasteiger partial charge in [0.25, 0.3) is 0 Å². The van der Waals surface area contributed by atoms with Gasteiger partial charge in [0.1, 0.15) is 6.04 Å². The van der Waals surface area contributed by atoms with Gasteiger partial charge in [-0.1, -0.05) is 34.6 Å². The van der Waals surface area contributed by atoms with Crippen LogP contribution in [-0.2, 0) is 4.79 Å². The quantitative estimate of drug-likeness (QED) is 0.664. The fourth-order valence-electron chi connectivity index (χ4n) is 0.775. The van der Waals surface area contributed by atoms with Crippen molar-refractivity contribution >= 4 is 5.97 Å². The molecule has 1 unspecified atom stereocenters. The van der Waals surface area contributed by atoms with Crippen molar-refractivity contribution in [2.45, 2.75) is 40.7 Å². The Balaban J connectivity index is 4.73. The third-order valence-corrected chi connectivity index (χ3v) is 2.98. The second kappa shape index (κ2) is 3.05. The number of nitrogens with two attached hydrogens (primary N) is 1. The summed E-state index contributed by atoms with van der Waals surface area (Å²) in [5.41, 5.74) is 5.07. The number of carboxylic acids is 1. The summed E-state index contributed by atoms with van der Waals surface area (Å²) in [6.07, 6.45) is 0. The minimum atomic E-state index is -0.935. The molecule has 3 N–H and O–H groups in total. The molecule has 0 saturated carbocycles. The van der Waals surface area contributed by atoms with Crippen LogP contribution in [0.25, 0.3) is 0 Å². The molecular weight excluding hydrogens is 154 g/mol. The molecule has 0 heterocycles. The maximum absolute atomic E-state index is 10.7. The van der Waals surface area contributed by atoms with E-state index < -0.39 is 17.4 Å². The van der Waals surface area contributed by atoms with Gasteiger partial charge in [-0.15, -0.1) is 0 Å². The van der Waals surface area contributed by atoms with E-state index in [2.05, 4.69) is 0 Å². The number of carboxylic acid groups (broad SMARTS) is 1. The first-order valence-corrected chi connectivity index (χ1v) is 4.09. The second-order valence-electron chi connectivity index (χ2n) is 4.79. The summed E-state index contributed by atoms with van der Waals surface area (Å²) < 4.78 is 0. The second-order valence-corrected chi connectivity index (χ2v) is 4.79. The van der Waals surface area contributed by atoms with Crippen LogP contribution in [-0.4, -0.2) is 17.1 Å². The summed E-state index contributed by atoms with van der Waals surface area (Å²) in [5, 5.41) is 8.76. The van der Waals surface area contributed by atoms with Gasteiger partial charge in [-0.05, 0) is 10.8 Å². The van der Waals surface area contributed by atoms with Crippen LogP contribution < -0.4 is 5.73 Å². The highest BCUT2D eigenvalue weighted by atomic mass is 16.4. The Hall–Kier alpha value is -0.570. The molecule has 0 fully saturated rings. The molecule has 0 aromatic rings. The average Bonchev–Trinajstić information content (AvgIpc) is 1.83. The molecular formula is C9H19NO2. The van der Waals surface area contributed by atoms with Crippen molar-refractivity contribution in [3.63, 3.8) is 0 Å². The van der Waals surface area contributed by atoms with E-state index in [-0.39, 0.29) is 5.41 Å². The van der Waals surface area contributed by atoms with E-state index in [0.29, 0.717) is 0 Å². The molecule has 0 saturated heterocycles. The van der Waals surface area contributed by atoms with Crippen LogP contribution >= 0.6 is 0 Å². The predicted octanol–water partition coefficient (Wildman–Crippen LogP) is 1.47. The summed E-state index contributed by atoms with van der Waals surface area (Å²) in [4.78, 5) is 10.7. The molecule has 0 bridgehead atoms. The lowest BCUT2D eigenvalue weighted by Gasteiger charge is -2.41. The highest BCUT2D eigenvalue weighted by molar-refractivity contribution is 5.74. The topological polar surface area (TPSA) is 63.3 Å². The van der Waals surface area contributed by atoms with Gasteiger partial charge in [0.2, 0.25) is 0 Å². The summed E-state index contributed by atoms with van der Waals surface area (Å²) in [6, 6.07) is -0.808. The molecule has 12 heavy (non-hydrogen) atoms. The Morgan fingerprint density at radius 2 is 1.58 bits per heavy atom. The molecule has 0 aliphatic rings. The van der Waals surface area contributed by atoms with Crippen LogP contribution in [0.1, 0.15) is 34.6 Å². The molecule has 0 rings (SSSR count). The molecule has 1 atom stereocenters. The SMILES string of the molecule is CC(C)(C)C(C)(C)C(N)C(=O)O. The summed E-state index contributed by atoms with van der Waals surface area (Å²) in [7, 11) is 0. The molecule has 0 amide bonds. The van der Waals surface area contributed by atoms with Gasteiger partial charge in [-0.3, -0.25) is 4.79 Å². The molecule has 0 spiro atoms. The summed E-state index contributed by atoms with van der Waals surface area (Å²) in [6.45, 7) is 9.75. The monoisotopic (exact) mass is 173 g/mol. The third-order valence-electron chi connectivity index (χ3n) is 2.98. The zero-order valence-corrected chi connectivity index (χ0v) is 8.51. The van der Waals surface area contributed by atoms with Gasteiger partial charge in [0.05, 0.1) is 0 Å². The maximum atomic E-state index is 10.7. The van der Waals surface area contributed by atoms with Crippen molar-refractivity contribution in [1.29, 1.82) is 0 Å². The van der Waals surface area contributed by atoms with E-state index in [9.17, 15) is 4.79 Å². The van der Waals surface area contributed by atoms with Crippen LogP contribution in [0.4, 0.5) is 0 Å². The Kier molecular flexibility index (Phi) is 2.91. The minimum Gasteiger partial charge on any atom is -0.480 e. The van der Waals surface area contributed by atoms with Crippen LogP contribution in [0, 0.1) is 10.8 Å². The molecule has 3 heteroatoms. The highest BCUT2D eigenvalue weighted by Crippen LogP contribution is 2.39. The summed E-state index contributed by atoms with van der Waals surface area (Å²) in [5.74, 6) is -0.935. The lowest BCUT2D eigenvalue weighted by molar-refractivity contribution is -0.143. The van der Waals surface area contributed by atoms with Crippen LogP contribution in [0.2, 0.25) is 0 Å². The van der Waals surface area contributed by atoms with Gasteiger partial charge in [-0.25, -0.2) is 0 Å². The first kappa shape index (κ1) is 11.4. The van der Waals surface area contributed by atoms with Crippen molar-refractivity contribution in [1.82, 2.24) is 0 Å². The van der Waals surface area contributed by atoms with Crippen LogP contribution in [0.3, 0.4) is 0 Å². The van der Waals surface area contributed by atoms with Gasteiger partial charge in [0, 0.05) is 0 Å². The molecule has 0 aromatic heterocycles. The third kappa shape index (κ3) is 1.97. The van der Waals surface area contributed by atoms with Gasteiger partial charge in [0.15, 0.2) is 0 Å². The Bertz CT molecular complexity index is 179. The van der Waals surface area contributed by atoms with E-state index in [4.69, 9.17) is 10.8 Å². The van der Waals surface area contributed by atoms with Crippen molar-refractivity contribution in [2.75, 3.05) is 0 Å². The van der Waals surface area contributed by atoms with Crippen LogP contribution in [0.15, 0.2) is 0 Å². The smallest absolute Gasteiger partial charge is 0.321 e. The van der Waals surface area contributed by atoms with Crippen LogP contribution in [0.5, 0.6) is 0 Å². The number of rotatable bonds is 2. The van der Waals surface area contributed by atoms with E-state index >= 15 is 0 Å². The van der Waals surface area contributed by atoms with E-state index in [1.54, 1.807) is 0 Å². The number of hydrogen-bond acceptors (Lipinski definition) is 2. The van der Waals surface area contributed by atoms with E-state index in [0.717, 1.165) is 0 Å². The van der Waals surface area contributed by atoms with Crippen molar-refractivity contribution < 1.29 is 9.90 Å². The zero-order valence-electron chi connectivity index (χ0n) is 8.51. The standard InChI is InChI=1S/C9H19NO2/c1-8(2,3)9(4,5)6(10)7(11)12/h6H,10H2,1-5H3,(H,11,12). The first-order chi connectivity index (χ1) is 5.10. The number of hydrogen-bond donors (Lipinski definition) is 2. The minimum absolute atomic E-state index is 0.106. The fraction of sp³-hybridized carbons (Fsp3) is 0.889. The Morgan fingerprint density at radius 3 is 1.67 bits per heavy atom. The normalized spacial score (nSPS) is 15.8. The molecule has 0 aliphatic heterocycles. The first-order valence-electron chi connectivity index (χ1n) is 4.09. The van der Waals surface area contributed by atoms with Gasteiger partial charge < -0.3 is 10.8 Å². The lowest BCUT2D eigenvalue weighted by atomic mass is 9.65. The Labute approximate surface area is 74.0 Å². The largest absolute Gasteiger partial charge is 0.480 e. The molecule has 3 nitrogen and oxygen atoms in total. The maximum Gasteiger partial charge on any atom is 0.321 e. The zero-order chi connectivity index (χ0) is 10.2. The van der Waals surface area contributed by atoms with Crippen molar-refractivity contribution in [2.24, 2.45) is 16.6 Å². The van der Waals surface area contributed by atoms with Gasteiger partial charge >= 0.3 is 5.97 Å². The van der Waals surface area contributed by atoms with Crippen molar-refractivity contribution in [3.8, 4) is 0 Å². The highest BCUT2D eigenvalue weighted by Gasteiger charge is 2.41. The molecule has 0 radical (unpaired) electrons. The molecule has 72 valence electrons. The predicted molar refractivity (Wildman–Crippen MR) is 48.8 cm³/mol. The molecule has 0 aliphatic carbocycles. The van der Waals surface area contributed by atoms with Gasteiger partial charge in [-0.2, -0.15) is 0 Å².